The Morgan fingerprint density at radius 2 is 1.89 bits per heavy atom. The van der Waals surface area contributed by atoms with Gasteiger partial charge in [-0.3, -0.25) is 4.79 Å². The predicted octanol–water partition coefficient (Wildman–Crippen LogP) is 3.86. The number of anilines is 1. The zero-order valence-corrected chi connectivity index (χ0v) is 13.2. The summed E-state index contributed by atoms with van der Waals surface area (Å²) in [6.45, 7) is 0. The van der Waals surface area contributed by atoms with Crippen LogP contribution in [0, 0.1) is 0 Å². The van der Waals surface area contributed by atoms with Gasteiger partial charge in [0.1, 0.15) is 0 Å². The summed E-state index contributed by atoms with van der Waals surface area (Å²) in [7, 11) is 0. The standard InChI is InChI=1S/C13H16Br2N2O/c14-8-6-10(12(16)11(15)7-8)13(18)17-9-4-2-1-3-5-9/h6-7,9H,1-5,16H2,(H,17,18). The number of benzene rings is 1. The number of nitrogens with two attached hydrogens (primary N) is 1. The highest BCUT2D eigenvalue weighted by Crippen LogP contribution is 2.28. The summed E-state index contributed by atoms with van der Waals surface area (Å²) in [5.41, 5.74) is 6.95. The molecule has 3 nitrogen and oxygen atoms in total. The SMILES string of the molecule is Nc1c(Br)cc(Br)cc1C(=O)NC1CCCCC1. The van der Waals surface area contributed by atoms with E-state index in [-0.39, 0.29) is 5.91 Å². The summed E-state index contributed by atoms with van der Waals surface area (Å²) in [5, 5.41) is 3.07. The van der Waals surface area contributed by atoms with Gasteiger partial charge < -0.3 is 11.1 Å². The molecule has 1 aromatic carbocycles. The summed E-state index contributed by atoms with van der Waals surface area (Å²) in [6.07, 6.45) is 5.81. The zero-order chi connectivity index (χ0) is 13.1. The van der Waals surface area contributed by atoms with Crippen molar-refractivity contribution in [3.05, 3.63) is 26.6 Å². The number of nitrogen functional groups attached to an aromatic ring is 1. The lowest BCUT2D eigenvalue weighted by Gasteiger charge is -2.23. The molecular formula is C13H16Br2N2O. The average molecular weight is 376 g/mol. The quantitative estimate of drug-likeness (QED) is 0.771. The molecule has 0 aromatic heterocycles. The Labute approximate surface area is 124 Å². The van der Waals surface area contributed by atoms with Gasteiger partial charge in [-0.2, -0.15) is 0 Å². The second-order valence-electron chi connectivity index (χ2n) is 4.66. The molecule has 0 unspecified atom stereocenters. The van der Waals surface area contributed by atoms with Crippen LogP contribution in [0.15, 0.2) is 21.1 Å². The van der Waals surface area contributed by atoms with Crippen LogP contribution < -0.4 is 11.1 Å². The molecule has 0 spiro atoms. The molecule has 1 aliphatic carbocycles. The Morgan fingerprint density at radius 3 is 2.56 bits per heavy atom. The van der Waals surface area contributed by atoms with Crippen LogP contribution in [0.3, 0.4) is 0 Å². The monoisotopic (exact) mass is 374 g/mol. The maximum Gasteiger partial charge on any atom is 0.253 e. The molecule has 0 heterocycles. The molecule has 5 heteroatoms. The summed E-state index contributed by atoms with van der Waals surface area (Å²) < 4.78 is 1.59. The molecule has 1 aromatic rings. The summed E-state index contributed by atoms with van der Waals surface area (Å²) in [6, 6.07) is 3.90. The largest absolute Gasteiger partial charge is 0.397 e. The van der Waals surface area contributed by atoms with Crippen molar-refractivity contribution in [1.82, 2.24) is 5.32 Å². The van der Waals surface area contributed by atoms with Crippen molar-refractivity contribution in [2.75, 3.05) is 5.73 Å². The minimum Gasteiger partial charge on any atom is -0.397 e. The molecule has 1 saturated carbocycles. The van der Waals surface area contributed by atoms with E-state index in [0.29, 0.717) is 17.3 Å². The molecule has 1 fully saturated rings. The zero-order valence-electron chi connectivity index (χ0n) is 10.0. The number of carbonyl (C=O) groups is 1. The van der Waals surface area contributed by atoms with E-state index in [2.05, 4.69) is 37.2 Å². The Bertz CT molecular complexity index is 457. The third-order valence-electron chi connectivity index (χ3n) is 3.28. The van der Waals surface area contributed by atoms with Gasteiger partial charge in [-0.1, -0.05) is 35.2 Å². The molecule has 3 N–H and O–H groups in total. The van der Waals surface area contributed by atoms with Gasteiger partial charge in [0.15, 0.2) is 0 Å². The number of hydrogen-bond donors (Lipinski definition) is 2. The van der Waals surface area contributed by atoms with Gasteiger partial charge in [-0.05, 0) is 40.9 Å². The molecule has 0 aliphatic heterocycles. The maximum absolute atomic E-state index is 12.2. The van der Waals surface area contributed by atoms with Crippen molar-refractivity contribution >= 4 is 43.5 Å². The normalized spacial score (nSPS) is 16.6. The number of hydrogen-bond acceptors (Lipinski definition) is 2. The molecule has 0 radical (unpaired) electrons. The third-order valence-corrected chi connectivity index (χ3v) is 4.39. The van der Waals surface area contributed by atoms with Gasteiger partial charge in [-0.15, -0.1) is 0 Å². The van der Waals surface area contributed by atoms with Gasteiger partial charge in [0.2, 0.25) is 0 Å². The maximum atomic E-state index is 12.2. The van der Waals surface area contributed by atoms with Crippen LogP contribution in [0.2, 0.25) is 0 Å². The Balaban J connectivity index is 2.13. The average Bonchev–Trinajstić information content (AvgIpc) is 2.35. The van der Waals surface area contributed by atoms with Crippen LogP contribution in [0.25, 0.3) is 0 Å². The fraction of sp³-hybridized carbons (Fsp3) is 0.462. The summed E-state index contributed by atoms with van der Waals surface area (Å²) in [4.78, 5) is 12.2. The lowest BCUT2D eigenvalue weighted by Crippen LogP contribution is -2.36. The van der Waals surface area contributed by atoms with E-state index in [1.165, 1.54) is 19.3 Å². The van der Waals surface area contributed by atoms with E-state index < -0.39 is 0 Å². The van der Waals surface area contributed by atoms with Crippen molar-refractivity contribution in [3.8, 4) is 0 Å². The van der Waals surface area contributed by atoms with Crippen molar-refractivity contribution in [2.45, 2.75) is 38.1 Å². The van der Waals surface area contributed by atoms with Crippen LogP contribution in [0.1, 0.15) is 42.5 Å². The van der Waals surface area contributed by atoms with Gasteiger partial charge in [0.05, 0.1) is 11.3 Å². The van der Waals surface area contributed by atoms with Crippen LogP contribution in [-0.4, -0.2) is 11.9 Å². The lowest BCUT2D eigenvalue weighted by atomic mass is 9.95. The highest BCUT2D eigenvalue weighted by atomic mass is 79.9. The second-order valence-corrected chi connectivity index (χ2v) is 6.43. The van der Waals surface area contributed by atoms with Gasteiger partial charge in [-0.25, -0.2) is 0 Å². The van der Waals surface area contributed by atoms with Crippen molar-refractivity contribution in [1.29, 1.82) is 0 Å². The molecule has 0 atom stereocenters. The van der Waals surface area contributed by atoms with Crippen molar-refractivity contribution < 1.29 is 4.79 Å². The van der Waals surface area contributed by atoms with Crippen LogP contribution >= 0.6 is 31.9 Å². The molecule has 0 bridgehead atoms. The third kappa shape index (κ3) is 3.26. The fourth-order valence-electron chi connectivity index (χ4n) is 2.28. The van der Waals surface area contributed by atoms with E-state index in [4.69, 9.17) is 5.73 Å². The number of rotatable bonds is 2. The highest BCUT2D eigenvalue weighted by molar-refractivity contribution is 9.11. The first-order valence-electron chi connectivity index (χ1n) is 6.13. The van der Waals surface area contributed by atoms with Crippen LogP contribution in [0.5, 0.6) is 0 Å². The number of amides is 1. The van der Waals surface area contributed by atoms with E-state index in [0.717, 1.165) is 21.8 Å². The van der Waals surface area contributed by atoms with E-state index in [9.17, 15) is 4.79 Å². The summed E-state index contributed by atoms with van der Waals surface area (Å²) in [5.74, 6) is -0.0820. The van der Waals surface area contributed by atoms with Crippen LogP contribution in [-0.2, 0) is 0 Å². The molecule has 0 saturated heterocycles. The smallest absolute Gasteiger partial charge is 0.253 e. The first-order valence-corrected chi connectivity index (χ1v) is 7.72. The highest BCUT2D eigenvalue weighted by Gasteiger charge is 2.19. The van der Waals surface area contributed by atoms with Crippen molar-refractivity contribution in [3.63, 3.8) is 0 Å². The van der Waals surface area contributed by atoms with Gasteiger partial charge in [0, 0.05) is 15.0 Å². The van der Waals surface area contributed by atoms with E-state index in [1.807, 2.05) is 6.07 Å². The minimum absolute atomic E-state index is 0.0820. The first-order chi connectivity index (χ1) is 8.58. The Morgan fingerprint density at radius 1 is 1.22 bits per heavy atom. The second kappa shape index (κ2) is 6.06. The first kappa shape index (κ1) is 13.9. The minimum atomic E-state index is -0.0820. The Kier molecular flexibility index (Phi) is 4.67. The van der Waals surface area contributed by atoms with Crippen LogP contribution in [0.4, 0.5) is 5.69 Å². The van der Waals surface area contributed by atoms with Gasteiger partial charge >= 0.3 is 0 Å². The topological polar surface area (TPSA) is 55.1 Å². The summed E-state index contributed by atoms with van der Waals surface area (Å²) >= 11 is 6.73. The predicted molar refractivity (Wildman–Crippen MR) is 80.6 cm³/mol. The van der Waals surface area contributed by atoms with E-state index >= 15 is 0 Å². The molecule has 98 valence electrons. The number of nitrogens with one attached hydrogen (secondary N) is 1. The molecule has 1 amide bonds. The molecule has 18 heavy (non-hydrogen) atoms. The van der Waals surface area contributed by atoms with Gasteiger partial charge in [0.25, 0.3) is 5.91 Å². The Hall–Kier alpha value is -0.550. The number of halogens is 2. The number of carbonyl (C=O) groups excluding carboxylic acids is 1. The molecular weight excluding hydrogens is 360 g/mol. The van der Waals surface area contributed by atoms with Crippen molar-refractivity contribution in [2.24, 2.45) is 0 Å². The fourth-order valence-corrected chi connectivity index (χ4v) is 3.51. The lowest BCUT2D eigenvalue weighted by molar-refractivity contribution is 0.0928. The van der Waals surface area contributed by atoms with E-state index in [1.54, 1.807) is 6.07 Å². The molecule has 2 rings (SSSR count). The molecule has 1 aliphatic rings.